The zero-order chi connectivity index (χ0) is 12.8. The molecule has 1 aromatic carbocycles. The molecule has 100 valence electrons. The highest BCUT2D eigenvalue weighted by Gasteiger charge is 2.20. The minimum atomic E-state index is 0.744. The van der Waals surface area contributed by atoms with Crippen LogP contribution in [-0.2, 0) is 6.54 Å². The Hall–Kier alpha value is -0.670. The van der Waals surface area contributed by atoms with Gasteiger partial charge < -0.3 is 10.1 Å². The van der Waals surface area contributed by atoms with Crippen LogP contribution in [0.1, 0.15) is 30.9 Å². The molecule has 0 aromatic heterocycles. The van der Waals surface area contributed by atoms with Gasteiger partial charge in [0.1, 0.15) is 5.75 Å². The summed E-state index contributed by atoms with van der Waals surface area (Å²) in [4.78, 5) is 0. The topological polar surface area (TPSA) is 21.3 Å². The summed E-state index contributed by atoms with van der Waals surface area (Å²) >= 11 is 1.92. The van der Waals surface area contributed by atoms with E-state index in [0.29, 0.717) is 0 Å². The SMILES string of the molecule is CCSCCOc1ccc(C)cc1CNC1CC1. The van der Waals surface area contributed by atoms with Gasteiger partial charge in [-0.1, -0.05) is 24.6 Å². The van der Waals surface area contributed by atoms with Gasteiger partial charge in [-0.25, -0.2) is 0 Å². The summed E-state index contributed by atoms with van der Waals surface area (Å²) in [6.07, 6.45) is 2.66. The van der Waals surface area contributed by atoms with Crippen LogP contribution in [0.15, 0.2) is 18.2 Å². The number of hydrogen-bond acceptors (Lipinski definition) is 3. The van der Waals surface area contributed by atoms with Gasteiger partial charge in [0.25, 0.3) is 0 Å². The van der Waals surface area contributed by atoms with Crippen molar-refractivity contribution in [1.82, 2.24) is 5.32 Å². The van der Waals surface area contributed by atoms with E-state index in [1.54, 1.807) is 0 Å². The fourth-order valence-corrected chi connectivity index (χ4v) is 2.37. The highest BCUT2D eigenvalue weighted by molar-refractivity contribution is 7.99. The molecule has 1 aromatic rings. The molecule has 1 aliphatic carbocycles. The van der Waals surface area contributed by atoms with Crippen molar-refractivity contribution in [3.8, 4) is 5.75 Å². The number of hydrogen-bond donors (Lipinski definition) is 1. The predicted octanol–water partition coefficient (Wildman–Crippen LogP) is 3.38. The zero-order valence-electron chi connectivity index (χ0n) is 11.4. The summed E-state index contributed by atoms with van der Waals surface area (Å²) in [5, 5.41) is 3.56. The first-order valence-electron chi connectivity index (χ1n) is 6.83. The van der Waals surface area contributed by atoms with Gasteiger partial charge in [0.05, 0.1) is 6.61 Å². The number of ether oxygens (including phenoxy) is 1. The van der Waals surface area contributed by atoms with Crippen LogP contribution >= 0.6 is 11.8 Å². The van der Waals surface area contributed by atoms with Crippen LogP contribution in [0, 0.1) is 6.92 Å². The third kappa shape index (κ3) is 4.54. The minimum absolute atomic E-state index is 0.744. The van der Waals surface area contributed by atoms with Gasteiger partial charge >= 0.3 is 0 Å². The van der Waals surface area contributed by atoms with E-state index in [1.807, 2.05) is 11.8 Å². The quantitative estimate of drug-likeness (QED) is 0.728. The van der Waals surface area contributed by atoms with Crippen molar-refractivity contribution < 1.29 is 4.74 Å². The lowest BCUT2D eigenvalue weighted by atomic mass is 10.1. The first kappa shape index (κ1) is 13.8. The van der Waals surface area contributed by atoms with Crippen molar-refractivity contribution in [2.75, 3.05) is 18.1 Å². The smallest absolute Gasteiger partial charge is 0.123 e. The summed E-state index contributed by atoms with van der Waals surface area (Å²) in [5.41, 5.74) is 2.60. The predicted molar refractivity (Wildman–Crippen MR) is 79.5 cm³/mol. The molecule has 2 rings (SSSR count). The van der Waals surface area contributed by atoms with E-state index in [2.05, 4.69) is 37.4 Å². The van der Waals surface area contributed by atoms with Crippen molar-refractivity contribution >= 4 is 11.8 Å². The van der Waals surface area contributed by atoms with E-state index in [-0.39, 0.29) is 0 Å². The molecule has 0 spiro atoms. The first-order chi connectivity index (χ1) is 8.79. The third-order valence-corrected chi connectivity index (χ3v) is 3.93. The van der Waals surface area contributed by atoms with E-state index in [0.717, 1.165) is 36.4 Å². The lowest BCUT2D eigenvalue weighted by Crippen LogP contribution is -2.16. The van der Waals surface area contributed by atoms with Crippen LogP contribution < -0.4 is 10.1 Å². The van der Waals surface area contributed by atoms with Crippen LogP contribution in [0.25, 0.3) is 0 Å². The largest absolute Gasteiger partial charge is 0.492 e. The molecule has 0 heterocycles. The second-order valence-electron chi connectivity index (χ2n) is 4.81. The standard InChI is InChI=1S/C15H23NOS/c1-3-18-9-8-17-15-7-4-12(2)10-13(15)11-16-14-5-6-14/h4,7,10,14,16H,3,5-6,8-9,11H2,1-2H3. The maximum absolute atomic E-state index is 5.89. The van der Waals surface area contributed by atoms with Crippen molar-refractivity contribution in [1.29, 1.82) is 0 Å². The molecule has 1 saturated carbocycles. The maximum atomic E-state index is 5.89. The summed E-state index contributed by atoms with van der Waals surface area (Å²) in [6, 6.07) is 7.21. The van der Waals surface area contributed by atoms with E-state index in [1.165, 1.54) is 24.0 Å². The number of nitrogens with one attached hydrogen (secondary N) is 1. The van der Waals surface area contributed by atoms with Crippen LogP contribution in [0.5, 0.6) is 5.75 Å². The van der Waals surface area contributed by atoms with Crippen LogP contribution in [-0.4, -0.2) is 24.2 Å². The van der Waals surface area contributed by atoms with Gasteiger partial charge in [-0.2, -0.15) is 11.8 Å². The van der Waals surface area contributed by atoms with Crippen molar-refractivity contribution in [2.24, 2.45) is 0 Å². The van der Waals surface area contributed by atoms with Gasteiger partial charge in [0.15, 0.2) is 0 Å². The van der Waals surface area contributed by atoms with E-state index in [4.69, 9.17) is 4.74 Å². The molecule has 0 atom stereocenters. The molecule has 1 aliphatic rings. The first-order valence-corrected chi connectivity index (χ1v) is 7.98. The fraction of sp³-hybridized carbons (Fsp3) is 0.600. The summed E-state index contributed by atoms with van der Waals surface area (Å²) < 4.78 is 5.89. The van der Waals surface area contributed by atoms with Gasteiger partial charge in [0, 0.05) is 23.9 Å². The van der Waals surface area contributed by atoms with Gasteiger partial charge in [-0.05, 0) is 31.6 Å². The average Bonchev–Trinajstić information content (AvgIpc) is 3.18. The summed E-state index contributed by atoms with van der Waals surface area (Å²) in [7, 11) is 0. The zero-order valence-corrected chi connectivity index (χ0v) is 12.2. The Morgan fingerprint density at radius 1 is 1.39 bits per heavy atom. The monoisotopic (exact) mass is 265 g/mol. The third-order valence-electron chi connectivity index (χ3n) is 3.06. The fourth-order valence-electron chi connectivity index (χ4n) is 1.88. The number of thioether (sulfide) groups is 1. The Morgan fingerprint density at radius 3 is 2.94 bits per heavy atom. The van der Waals surface area contributed by atoms with Gasteiger partial charge in [-0.3, -0.25) is 0 Å². The Kier molecular flexibility index (Phi) is 5.39. The summed E-state index contributed by atoms with van der Waals surface area (Å²) in [5.74, 6) is 3.28. The molecule has 0 unspecified atom stereocenters. The van der Waals surface area contributed by atoms with Crippen LogP contribution in [0.3, 0.4) is 0 Å². The molecule has 0 amide bonds. The normalized spacial score (nSPS) is 14.8. The molecule has 2 nitrogen and oxygen atoms in total. The Bertz CT molecular complexity index is 377. The van der Waals surface area contributed by atoms with E-state index in [9.17, 15) is 0 Å². The molecule has 1 N–H and O–H groups in total. The number of rotatable bonds is 8. The molecular weight excluding hydrogens is 242 g/mol. The van der Waals surface area contributed by atoms with Crippen molar-refractivity contribution in [3.63, 3.8) is 0 Å². The van der Waals surface area contributed by atoms with E-state index >= 15 is 0 Å². The highest BCUT2D eigenvalue weighted by atomic mass is 32.2. The summed E-state index contributed by atoms with van der Waals surface area (Å²) in [6.45, 7) is 6.06. The minimum Gasteiger partial charge on any atom is -0.492 e. The Morgan fingerprint density at radius 2 is 2.22 bits per heavy atom. The van der Waals surface area contributed by atoms with Crippen LogP contribution in [0.2, 0.25) is 0 Å². The molecule has 18 heavy (non-hydrogen) atoms. The lowest BCUT2D eigenvalue weighted by Gasteiger charge is -2.13. The highest BCUT2D eigenvalue weighted by Crippen LogP contribution is 2.23. The number of benzene rings is 1. The lowest BCUT2D eigenvalue weighted by molar-refractivity contribution is 0.339. The average molecular weight is 265 g/mol. The maximum Gasteiger partial charge on any atom is 0.123 e. The van der Waals surface area contributed by atoms with E-state index < -0.39 is 0 Å². The Balaban J connectivity index is 1.88. The molecular formula is C15H23NOS. The molecule has 0 radical (unpaired) electrons. The van der Waals surface area contributed by atoms with Crippen LogP contribution in [0.4, 0.5) is 0 Å². The van der Waals surface area contributed by atoms with Gasteiger partial charge in [-0.15, -0.1) is 0 Å². The van der Waals surface area contributed by atoms with Gasteiger partial charge in [0.2, 0.25) is 0 Å². The van der Waals surface area contributed by atoms with Crippen molar-refractivity contribution in [2.45, 2.75) is 39.3 Å². The second kappa shape index (κ2) is 7.05. The molecule has 1 fully saturated rings. The molecule has 0 bridgehead atoms. The molecule has 3 heteroatoms. The second-order valence-corrected chi connectivity index (χ2v) is 6.21. The molecule has 0 saturated heterocycles. The Labute approximate surface area is 114 Å². The number of aryl methyl sites for hydroxylation is 1. The molecule has 0 aliphatic heterocycles. The van der Waals surface area contributed by atoms with Crippen molar-refractivity contribution in [3.05, 3.63) is 29.3 Å².